The van der Waals surface area contributed by atoms with Crippen molar-refractivity contribution < 1.29 is 28.6 Å². The Labute approximate surface area is 183 Å². The number of esters is 3. The first-order valence-electron chi connectivity index (χ1n) is 10.0. The van der Waals surface area contributed by atoms with Crippen LogP contribution in [0.3, 0.4) is 0 Å². The number of nitrogens with zero attached hydrogens (tertiary/aromatic N) is 4. The molecular weight excluding hydrogens is 428 g/mol. The Morgan fingerprint density at radius 1 is 1.13 bits per heavy atom. The number of hydrogen-bond acceptors (Lipinski definition) is 9. The normalized spacial score (nSPS) is 29.5. The summed E-state index contributed by atoms with van der Waals surface area (Å²) in [6.45, 7) is 4.21. The summed E-state index contributed by atoms with van der Waals surface area (Å²) in [5, 5.41) is 0.216. The van der Waals surface area contributed by atoms with Crippen LogP contribution in [0.2, 0.25) is 5.15 Å². The van der Waals surface area contributed by atoms with Crippen LogP contribution in [0.5, 0.6) is 0 Å². The lowest BCUT2D eigenvalue weighted by Crippen LogP contribution is -2.52. The van der Waals surface area contributed by atoms with Crippen LogP contribution in [0.4, 0.5) is 0 Å². The minimum Gasteiger partial charge on any atom is -0.466 e. The van der Waals surface area contributed by atoms with Gasteiger partial charge in [-0.3, -0.25) is 14.4 Å². The molecule has 2 unspecified atom stereocenters. The first-order valence-corrected chi connectivity index (χ1v) is 10.4. The van der Waals surface area contributed by atoms with E-state index < -0.39 is 35.6 Å². The summed E-state index contributed by atoms with van der Waals surface area (Å²) in [5.41, 5.74) is 0.428. The fourth-order valence-corrected chi connectivity index (χ4v) is 5.18. The number of rotatable bonds is 5. The maximum Gasteiger partial charge on any atom is 0.303 e. The van der Waals surface area contributed by atoms with Crippen LogP contribution in [0.15, 0.2) is 12.7 Å². The second-order valence-corrected chi connectivity index (χ2v) is 8.49. The summed E-state index contributed by atoms with van der Waals surface area (Å²) in [5.74, 6) is -1.36. The second-order valence-electron chi connectivity index (χ2n) is 8.14. The van der Waals surface area contributed by atoms with Gasteiger partial charge in [-0.05, 0) is 19.3 Å². The largest absolute Gasteiger partial charge is 0.466 e. The summed E-state index contributed by atoms with van der Waals surface area (Å²) in [7, 11) is 0. The highest BCUT2D eigenvalue weighted by atomic mass is 35.5. The molecule has 2 fully saturated rings. The third-order valence-electron chi connectivity index (χ3n) is 6.36. The van der Waals surface area contributed by atoms with Crippen molar-refractivity contribution in [1.82, 2.24) is 19.5 Å². The maximum atomic E-state index is 12.0. The highest BCUT2D eigenvalue weighted by molar-refractivity contribution is 6.33. The van der Waals surface area contributed by atoms with Crippen LogP contribution in [0.1, 0.15) is 46.1 Å². The minimum atomic E-state index is -0.757. The van der Waals surface area contributed by atoms with Gasteiger partial charge in [0.15, 0.2) is 16.9 Å². The highest BCUT2D eigenvalue weighted by Gasteiger charge is 2.65. The van der Waals surface area contributed by atoms with E-state index in [-0.39, 0.29) is 23.6 Å². The number of carbonyl (C=O) groups excluding carboxylic acids is 3. The first-order chi connectivity index (χ1) is 14.7. The van der Waals surface area contributed by atoms with Gasteiger partial charge in [0.2, 0.25) is 0 Å². The second kappa shape index (κ2) is 8.07. The highest BCUT2D eigenvalue weighted by Crippen LogP contribution is 2.62. The SMILES string of the molecule is CC(=O)OC[C@H]1CC[C@@]12C[C@@H](n1cnc3c(Cl)ncnc31)C(OC(C)=O)C2OC(C)=O. The molecule has 0 aliphatic heterocycles. The zero-order valence-electron chi connectivity index (χ0n) is 17.4. The zero-order valence-corrected chi connectivity index (χ0v) is 18.2. The van der Waals surface area contributed by atoms with Crippen LogP contribution < -0.4 is 0 Å². The molecule has 0 saturated heterocycles. The molecule has 0 radical (unpaired) electrons. The van der Waals surface area contributed by atoms with Crippen LogP contribution in [-0.2, 0) is 28.6 Å². The molecule has 2 saturated carbocycles. The van der Waals surface area contributed by atoms with Crippen molar-refractivity contribution in [3.63, 3.8) is 0 Å². The van der Waals surface area contributed by atoms with E-state index in [1.807, 2.05) is 0 Å². The quantitative estimate of drug-likeness (QED) is 0.383. The smallest absolute Gasteiger partial charge is 0.303 e. The molecule has 2 aliphatic rings. The Morgan fingerprint density at radius 2 is 1.87 bits per heavy atom. The standard InChI is InChI=1S/C20H23ClN4O6/c1-10(26)29-7-13-4-5-20(13)6-14(16(30-11(2)27)17(20)31-12(3)28)25-9-24-15-18(21)22-8-23-19(15)25/h8-9,13-14,16-17H,4-7H2,1-3H3/t13-,14-,16?,17?,20-/m1/s1. The summed E-state index contributed by atoms with van der Waals surface area (Å²) in [6, 6.07) is -0.399. The third kappa shape index (κ3) is 3.73. The van der Waals surface area contributed by atoms with Gasteiger partial charge in [0.25, 0.3) is 0 Å². The molecular formula is C20H23ClN4O6. The molecule has 0 aromatic carbocycles. The average molecular weight is 451 g/mol. The summed E-state index contributed by atoms with van der Waals surface area (Å²) in [6.07, 6.45) is 3.55. The van der Waals surface area contributed by atoms with Gasteiger partial charge in [-0.15, -0.1) is 0 Å². The van der Waals surface area contributed by atoms with Gasteiger partial charge in [0.05, 0.1) is 19.0 Å². The molecule has 1 spiro atoms. The molecule has 0 amide bonds. The van der Waals surface area contributed by atoms with Gasteiger partial charge in [0, 0.05) is 32.1 Å². The van der Waals surface area contributed by atoms with Crippen LogP contribution in [0, 0.1) is 11.3 Å². The van der Waals surface area contributed by atoms with E-state index in [4.69, 9.17) is 25.8 Å². The van der Waals surface area contributed by atoms with Gasteiger partial charge in [0.1, 0.15) is 17.9 Å². The van der Waals surface area contributed by atoms with E-state index in [0.29, 0.717) is 17.6 Å². The zero-order chi connectivity index (χ0) is 22.3. The molecule has 2 aromatic rings. The molecule has 2 aliphatic carbocycles. The van der Waals surface area contributed by atoms with E-state index in [9.17, 15) is 14.4 Å². The number of fused-ring (bicyclic) bond motifs is 1. The molecule has 4 rings (SSSR count). The summed E-state index contributed by atoms with van der Waals surface area (Å²) < 4.78 is 18.5. The summed E-state index contributed by atoms with van der Waals surface area (Å²) >= 11 is 6.15. The Kier molecular flexibility index (Phi) is 5.59. The first kappa shape index (κ1) is 21.5. The Morgan fingerprint density at radius 3 is 2.48 bits per heavy atom. The van der Waals surface area contributed by atoms with Crippen LogP contribution >= 0.6 is 11.6 Å². The van der Waals surface area contributed by atoms with Crippen molar-refractivity contribution in [2.24, 2.45) is 11.3 Å². The summed E-state index contributed by atoms with van der Waals surface area (Å²) in [4.78, 5) is 47.9. The molecule has 11 heteroatoms. The number of carbonyl (C=O) groups is 3. The van der Waals surface area contributed by atoms with Gasteiger partial charge in [-0.25, -0.2) is 15.0 Å². The molecule has 5 atom stereocenters. The lowest BCUT2D eigenvalue weighted by atomic mass is 9.58. The van der Waals surface area contributed by atoms with Crippen molar-refractivity contribution in [2.45, 2.75) is 58.3 Å². The average Bonchev–Trinajstić information content (AvgIpc) is 3.22. The predicted octanol–water partition coefficient (Wildman–Crippen LogP) is 2.25. The Bertz CT molecular complexity index is 1040. The fraction of sp³-hybridized carbons (Fsp3) is 0.600. The number of aromatic nitrogens is 4. The monoisotopic (exact) mass is 450 g/mol. The molecule has 31 heavy (non-hydrogen) atoms. The van der Waals surface area contributed by atoms with Crippen molar-refractivity contribution in [3.05, 3.63) is 17.8 Å². The number of imidazole rings is 1. The minimum absolute atomic E-state index is 0.0307. The van der Waals surface area contributed by atoms with Crippen LogP contribution in [-0.4, -0.2) is 56.2 Å². The lowest BCUT2D eigenvalue weighted by Gasteiger charge is -2.50. The predicted molar refractivity (Wildman–Crippen MR) is 107 cm³/mol. The molecule has 166 valence electrons. The van der Waals surface area contributed by atoms with E-state index >= 15 is 0 Å². The van der Waals surface area contributed by atoms with E-state index in [1.54, 1.807) is 10.9 Å². The van der Waals surface area contributed by atoms with E-state index in [1.165, 1.54) is 27.1 Å². The Balaban J connectivity index is 1.77. The maximum absolute atomic E-state index is 12.0. The molecule has 0 bridgehead atoms. The van der Waals surface area contributed by atoms with E-state index in [0.717, 1.165) is 12.8 Å². The lowest BCUT2D eigenvalue weighted by molar-refractivity contribution is -0.186. The molecule has 0 N–H and O–H groups in total. The van der Waals surface area contributed by atoms with Gasteiger partial charge < -0.3 is 18.8 Å². The van der Waals surface area contributed by atoms with Crippen molar-refractivity contribution >= 4 is 40.7 Å². The number of ether oxygens (including phenoxy) is 3. The van der Waals surface area contributed by atoms with E-state index in [2.05, 4.69) is 15.0 Å². The topological polar surface area (TPSA) is 123 Å². The number of halogens is 1. The third-order valence-corrected chi connectivity index (χ3v) is 6.64. The molecule has 2 aromatic heterocycles. The molecule has 10 nitrogen and oxygen atoms in total. The van der Waals surface area contributed by atoms with Gasteiger partial charge in [-0.2, -0.15) is 0 Å². The van der Waals surface area contributed by atoms with Crippen molar-refractivity contribution in [3.8, 4) is 0 Å². The van der Waals surface area contributed by atoms with Gasteiger partial charge in [-0.1, -0.05) is 11.6 Å². The van der Waals surface area contributed by atoms with Crippen LogP contribution in [0.25, 0.3) is 11.2 Å². The van der Waals surface area contributed by atoms with Crippen molar-refractivity contribution in [1.29, 1.82) is 0 Å². The van der Waals surface area contributed by atoms with Crippen molar-refractivity contribution in [2.75, 3.05) is 6.61 Å². The number of hydrogen-bond donors (Lipinski definition) is 0. The fourth-order valence-electron chi connectivity index (χ4n) is 5.00. The Hall–Kier alpha value is -2.75. The van der Waals surface area contributed by atoms with Gasteiger partial charge >= 0.3 is 17.9 Å². The molecule has 2 heterocycles.